The number of benzene rings is 1. The minimum absolute atomic E-state index is 0.393. The second kappa shape index (κ2) is 8.47. The molecule has 24 heavy (non-hydrogen) atoms. The van der Waals surface area contributed by atoms with Gasteiger partial charge in [-0.1, -0.05) is 0 Å². The largest absolute Gasteiger partial charge is 0.458 e. The fourth-order valence-electron chi connectivity index (χ4n) is 2.36. The van der Waals surface area contributed by atoms with E-state index in [1.54, 1.807) is 20.8 Å². The van der Waals surface area contributed by atoms with Gasteiger partial charge in [-0.25, -0.2) is 0 Å². The number of ether oxygens (including phenoxy) is 3. The Morgan fingerprint density at radius 3 is 1.00 bits per heavy atom. The van der Waals surface area contributed by atoms with E-state index in [2.05, 4.69) is 0 Å². The Balaban J connectivity index is 3.24. The standard InChI is InChI=1S/C18H24O6/c1-10(22-13(4)19)16-7-17(11(2)23-14(5)20)9-18(8-16)12(3)24-15(6)21/h7-12H,1-6H3/t10-,11-,12-/m0/s1. The van der Waals surface area contributed by atoms with Crippen LogP contribution in [0, 0.1) is 0 Å². The summed E-state index contributed by atoms with van der Waals surface area (Å²) in [5, 5.41) is 0. The van der Waals surface area contributed by atoms with Gasteiger partial charge < -0.3 is 14.2 Å². The predicted octanol–water partition coefficient (Wildman–Crippen LogP) is 3.56. The molecular formula is C18H24O6. The Labute approximate surface area is 142 Å². The van der Waals surface area contributed by atoms with Crippen LogP contribution in [-0.2, 0) is 28.6 Å². The monoisotopic (exact) mass is 336 g/mol. The zero-order chi connectivity index (χ0) is 18.4. The molecule has 0 aromatic heterocycles. The fraction of sp³-hybridized carbons (Fsp3) is 0.500. The number of carbonyl (C=O) groups is 3. The Bertz CT molecular complexity index is 524. The number of carbonyl (C=O) groups excluding carboxylic acids is 3. The molecule has 0 aliphatic heterocycles. The van der Waals surface area contributed by atoms with E-state index in [1.807, 2.05) is 18.2 Å². The van der Waals surface area contributed by atoms with Crippen molar-refractivity contribution in [2.24, 2.45) is 0 Å². The summed E-state index contributed by atoms with van der Waals surface area (Å²) in [5.74, 6) is -1.18. The minimum Gasteiger partial charge on any atom is -0.458 e. The topological polar surface area (TPSA) is 78.9 Å². The highest BCUT2D eigenvalue weighted by atomic mass is 16.5. The molecule has 0 saturated carbocycles. The second-order valence-electron chi connectivity index (χ2n) is 5.69. The summed E-state index contributed by atoms with van der Waals surface area (Å²) in [7, 11) is 0. The third-order valence-corrected chi connectivity index (χ3v) is 3.44. The van der Waals surface area contributed by atoms with Crippen LogP contribution in [-0.4, -0.2) is 17.9 Å². The maximum atomic E-state index is 11.2. The molecule has 0 N–H and O–H groups in total. The zero-order valence-electron chi connectivity index (χ0n) is 14.9. The van der Waals surface area contributed by atoms with E-state index in [0.717, 1.165) is 16.7 Å². The number of hydrogen-bond donors (Lipinski definition) is 0. The van der Waals surface area contributed by atoms with Gasteiger partial charge in [0.25, 0.3) is 0 Å². The first-order valence-corrected chi connectivity index (χ1v) is 7.76. The molecule has 6 heteroatoms. The number of hydrogen-bond acceptors (Lipinski definition) is 6. The molecule has 0 amide bonds. The van der Waals surface area contributed by atoms with Gasteiger partial charge in [-0.05, 0) is 55.7 Å². The molecule has 6 nitrogen and oxygen atoms in total. The third kappa shape index (κ3) is 6.02. The lowest BCUT2D eigenvalue weighted by Crippen LogP contribution is -2.11. The van der Waals surface area contributed by atoms with Crippen molar-refractivity contribution in [3.8, 4) is 0 Å². The van der Waals surface area contributed by atoms with Gasteiger partial charge in [0.1, 0.15) is 18.3 Å². The average molecular weight is 336 g/mol. The molecule has 0 bridgehead atoms. The highest BCUT2D eigenvalue weighted by Crippen LogP contribution is 2.29. The van der Waals surface area contributed by atoms with Crippen molar-refractivity contribution in [2.45, 2.75) is 59.9 Å². The average Bonchev–Trinajstić information content (AvgIpc) is 2.44. The Kier molecular flexibility index (Phi) is 6.95. The fourth-order valence-corrected chi connectivity index (χ4v) is 2.36. The maximum Gasteiger partial charge on any atom is 0.303 e. The molecule has 1 rings (SSSR count). The van der Waals surface area contributed by atoms with Gasteiger partial charge in [-0.3, -0.25) is 14.4 Å². The van der Waals surface area contributed by atoms with E-state index in [-0.39, 0.29) is 0 Å². The van der Waals surface area contributed by atoms with Crippen LogP contribution >= 0.6 is 0 Å². The van der Waals surface area contributed by atoms with Gasteiger partial charge >= 0.3 is 17.9 Å². The van der Waals surface area contributed by atoms with Crippen LogP contribution in [0.25, 0.3) is 0 Å². The number of rotatable bonds is 6. The van der Waals surface area contributed by atoms with E-state index in [9.17, 15) is 14.4 Å². The lowest BCUT2D eigenvalue weighted by atomic mass is 9.97. The van der Waals surface area contributed by atoms with Crippen molar-refractivity contribution in [1.82, 2.24) is 0 Å². The normalized spacial score (nSPS) is 14.2. The van der Waals surface area contributed by atoms with Gasteiger partial charge in [-0.2, -0.15) is 0 Å². The molecule has 0 spiro atoms. The van der Waals surface area contributed by atoms with Gasteiger partial charge in [0.05, 0.1) is 0 Å². The molecular weight excluding hydrogens is 312 g/mol. The minimum atomic E-state index is -0.477. The van der Waals surface area contributed by atoms with E-state index in [0.29, 0.717) is 0 Å². The molecule has 0 aliphatic rings. The molecule has 132 valence electrons. The van der Waals surface area contributed by atoms with Crippen molar-refractivity contribution in [1.29, 1.82) is 0 Å². The summed E-state index contributed by atoms with van der Waals surface area (Å²) in [6.45, 7) is 9.25. The van der Waals surface area contributed by atoms with Crippen LogP contribution in [0.1, 0.15) is 76.5 Å². The first-order chi connectivity index (χ1) is 11.1. The lowest BCUT2D eigenvalue weighted by molar-refractivity contribution is -0.146. The molecule has 0 fully saturated rings. The molecule has 0 radical (unpaired) electrons. The first kappa shape index (κ1) is 19.7. The van der Waals surface area contributed by atoms with Gasteiger partial charge in [0, 0.05) is 20.8 Å². The summed E-state index contributed by atoms with van der Waals surface area (Å²) < 4.78 is 15.6. The van der Waals surface area contributed by atoms with Crippen LogP contribution in [0.2, 0.25) is 0 Å². The molecule has 1 aromatic carbocycles. The summed E-state index contributed by atoms with van der Waals surface area (Å²) in [6.07, 6.45) is -1.43. The Hall–Kier alpha value is -2.37. The van der Waals surface area contributed by atoms with Gasteiger partial charge in [0.2, 0.25) is 0 Å². The predicted molar refractivity (Wildman–Crippen MR) is 87.0 cm³/mol. The van der Waals surface area contributed by atoms with Crippen molar-refractivity contribution >= 4 is 17.9 Å². The molecule has 3 atom stereocenters. The highest BCUT2D eigenvalue weighted by molar-refractivity contribution is 5.67. The summed E-state index contributed by atoms with van der Waals surface area (Å²) in [4.78, 5) is 33.6. The quantitative estimate of drug-likeness (QED) is 0.584. The van der Waals surface area contributed by atoms with E-state index < -0.39 is 36.2 Å². The third-order valence-electron chi connectivity index (χ3n) is 3.44. The molecule has 1 aromatic rings. The molecule has 0 aliphatic carbocycles. The van der Waals surface area contributed by atoms with Crippen molar-refractivity contribution in [3.63, 3.8) is 0 Å². The second-order valence-corrected chi connectivity index (χ2v) is 5.69. The summed E-state index contributed by atoms with van der Waals surface area (Å²) in [6, 6.07) is 5.43. The van der Waals surface area contributed by atoms with E-state index in [1.165, 1.54) is 20.8 Å². The molecule has 0 unspecified atom stereocenters. The van der Waals surface area contributed by atoms with Crippen LogP contribution in [0.3, 0.4) is 0 Å². The van der Waals surface area contributed by atoms with Crippen LogP contribution in [0.15, 0.2) is 18.2 Å². The molecule has 0 saturated heterocycles. The van der Waals surface area contributed by atoms with Gasteiger partial charge in [0.15, 0.2) is 0 Å². The van der Waals surface area contributed by atoms with Gasteiger partial charge in [-0.15, -0.1) is 0 Å². The molecule has 0 heterocycles. The SMILES string of the molecule is CC(=O)O[C@@H](C)c1cc([C@H](C)OC(C)=O)cc([C@H](C)OC(C)=O)c1. The maximum absolute atomic E-state index is 11.2. The smallest absolute Gasteiger partial charge is 0.303 e. The zero-order valence-corrected chi connectivity index (χ0v) is 14.9. The lowest BCUT2D eigenvalue weighted by Gasteiger charge is -2.21. The van der Waals surface area contributed by atoms with E-state index in [4.69, 9.17) is 14.2 Å². The summed E-state index contributed by atoms with van der Waals surface area (Å²) in [5.41, 5.74) is 2.20. The van der Waals surface area contributed by atoms with Crippen molar-refractivity contribution in [3.05, 3.63) is 34.9 Å². The van der Waals surface area contributed by atoms with Crippen LogP contribution in [0.5, 0.6) is 0 Å². The van der Waals surface area contributed by atoms with Crippen molar-refractivity contribution in [2.75, 3.05) is 0 Å². The van der Waals surface area contributed by atoms with Crippen molar-refractivity contribution < 1.29 is 28.6 Å². The van der Waals surface area contributed by atoms with E-state index >= 15 is 0 Å². The Morgan fingerprint density at radius 2 is 0.833 bits per heavy atom. The highest BCUT2D eigenvalue weighted by Gasteiger charge is 2.18. The van der Waals surface area contributed by atoms with Crippen LogP contribution < -0.4 is 0 Å². The summed E-state index contributed by atoms with van der Waals surface area (Å²) >= 11 is 0. The Morgan fingerprint density at radius 1 is 0.625 bits per heavy atom. The first-order valence-electron chi connectivity index (χ1n) is 7.76. The number of esters is 3. The van der Waals surface area contributed by atoms with Crippen LogP contribution in [0.4, 0.5) is 0 Å².